The number of quaternary nitrogens is 1. The Balaban J connectivity index is 1.81. The van der Waals surface area contributed by atoms with Crippen LogP contribution in [-0.4, -0.2) is 25.3 Å². The van der Waals surface area contributed by atoms with E-state index in [1.165, 1.54) is 17.7 Å². The predicted octanol–water partition coefficient (Wildman–Crippen LogP) is 3.30. The number of hydrogen-bond donors (Lipinski definition) is 2. The molecule has 5 nitrogen and oxygen atoms in total. The Kier molecular flexibility index (Phi) is 5.33. The van der Waals surface area contributed by atoms with E-state index in [4.69, 9.17) is 9.15 Å². The summed E-state index contributed by atoms with van der Waals surface area (Å²) in [5.74, 6) is 1.61. The van der Waals surface area contributed by atoms with E-state index in [0.29, 0.717) is 23.6 Å². The topological polar surface area (TPSA) is 64.1 Å². The Morgan fingerprint density at radius 2 is 1.97 bits per heavy atom. The van der Waals surface area contributed by atoms with Crippen LogP contribution in [0.3, 0.4) is 0 Å². The summed E-state index contributed by atoms with van der Waals surface area (Å²) in [4.78, 5) is 14.4. The van der Waals surface area contributed by atoms with E-state index in [-0.39, 0.29) is 11.4 Å². The molecule has 0 bridgehead atoms. The van der Waals surface area contributed by atoms with Gasteiger partial charge >= 0.3 is 5.63 Å². The first-order valence-corrected chi connectivity index (χ1v) is 10.2. The number of piperidine rings is 1. The number of fused-ring (bicyclic) bond motifs is 1. The highest BCUT2D eigenvalue weighted by atomic mass is 16.5. The Hall–Kier alpha value is -2.79. The van der Waals surface area contributed by atoms with Crippen LogP contribution in [0.15, 0.2) is 45.6 Å². The number of ether oxygens (including phenoxy) is 1. The van der Waals surface area contributed by atoms with Crippen molar-refractivity contribution in [2.75, 3.05) is 20.2 Å². The van der Waals surface area contributed by atoms with Crippen LogP contribution in [0.4, 0.5) is 0 Å². The fourth-order valence-corrected chi connectivity index (χ4v) is 4.53. The minimum absolute atomic E-state index is 0.197. The van der Waals surface area contributed by atoms with E-state index in [0.717, 1.165) is 40.9 Å². The van der Waals surface area contributed by atoms with E-state index in [2.05, 4.69) is 6.92 Å². The molecule has 2 heterocycles. The predicted molar refractivity (Wildman–Crippen MR) is 114 cm³/mol. The summed E-state index contributed by atoms with van der Waals surface area (Å²) in [6, 6.07) is 11.0. The van der Waals surface area contributed by atoms with Crippen molar-refractivity contribution in [3.05, 3.63) is 57.9 Å². The highest BCUT2D eigenvalue weighted by Crippen LogP contribution is 2.32. The van der Waals surface area contributed by atoms with Crippen molar-refractivity contribution in [1.82, 2.24) is 0 Å². The largest absolute Gasteiger partial charge is 0.507 e. The van der Waals surface area contributed by atoms with Crippen LogP contribution in [0.2, 0.25) is 0 Å². The molecule has 152 valence electrons. The summed E-state index contributed by atoms with van der Waals surface area (Å²) >= 11 is 0. The normalized spacial score (nSPS) is 19.4. The molecule has 3 aromatic rings. The molecule has 0 radical (unpaired) electrons. The van der Waals surface area contributed by atoms with Gasteiger partial charge in [-0.1, -0.05) is 19.1 Å². The second-order valence-corrected chi connectivity index (χ2v) is 8.19. The highest BCUT2D eigenvalue weighted by molar-refractivity contribution is 5.89. The molecule has 1 saturated heterocycles. The summed E-state index contributed by atoms with van der Waals surface area (Å²) in [7, 11) is 1.61. The smallest absolute Gasteiger partial charge is 0.344 e. The molecule has 0 spiro atoms. The Labute approximate surface area is 170 Å². The first-order valence-electron chi connectivity index (χ1n) is 10.2. The quantitative estimate of drug-likeness (QED) is 0.667. The van der Waals surface area contributed by atoms with Gasteiger partial charge < -0.3 is 19.2 Å². The van der Waals surface area contributed by atoms with E-state index >= 15 is 0 Å². The van der Waals surface area contributed by atoms with E-state index in [9.17, 15) is 9.90 Å². The summed E-state index contributed by atoms with van der Waals surface area (Å²) in [5, 5.41) is 11.4. The number of phenols is 1. The Morgan fingerprint density at radius 3 is 2.66 bits per heavy atom. The molecule has 1 unspecified atom stereocenters. The molecule has 0 amide bonds. The molecule has 29 heavy (non-hydrogen) atoms. The fraction of sp³-hybridized carbons (Fsp3) is 0.375. The summed E-state index contributed by atoms with van der Waals surface area (Å²) in [6.45, 7) is 7.02. The second-order valence-electron chi connectivity index (χ2n) is 8.19. The Bertz CT molecular complexity index is 1080. The number of methoxy groups -OCH3 is 1. The van der Waals surface area contributed by atoms with Crippen molar-refractivity contribution in [1.29, 1.82) is 0 Å². The Morgan fingerprint density at radius 1 is 1.21 bits per heavy atom. The summed E-state index contributed by atoms with van der Waals surface area (Å²) < 4.78 is 11.0. The SMILES string of the molecule is COc1ccc(-c2c(C)c3ccc(O)c(C[NH+]4CCC[C@@H](C)C4)c3oc2=O)cc1. The third-order valence-corrected chi connectivity index (χ3v) is 6.08. The summed E-state index contributed by atoms with van der Waals surface area (Å²) in [5.41, 5.74) is 3.07. The van der Waals surface area contributed by atoms with Gasteiger partial charge in [-0.05, 0) is 55.2 Å². The number of aromatic hydroxyl groups is 1. The molecule has 4 rings (SSSR count). The number of aryl methyl sites for hydroxylation is 1. The third kappa shape index (κ3) is 3.75. The molecule has 5 heteroatoms. The van der Waals surface area contributed by atoms with Crippen LogP contribution in [-0.2, 0) is 6.54 Å². The maximum atomic E-state index is 12.9. The number of hydrogen-bond acceptors (Lipinski definition) is 4. The number of rotatable bonds is 4. The number of benzene rings is 2. The maximum absolute atomic E-state index is 12.9. The maximum Gasteiger partial charge on any atom is 0.344 e. The van der Waals surface area contributed by atoms with Gasteiger partial charge in [0.2, 0.25) is 0 Å². The van der Waals surface area contributed by atoms with Crippen molar-refractivity contribution in [3.63, 3.8) is 0 Å². The lowest BCUT2D eigenvalue weighted by atomic mass is 9.96. The minimum Gasteiger partial charge on any atom is -0.507 e. The second kappa shape index (κ2) is 7.91. The zero-order chi connectivity index (χ0) is 20.5. The van der Waals surface area contributed by atoms with E-state index in [1.807, 2.05) is 37.3 Å². The van der Waals surface area contributed by atoms with Gasteiger partial charge in [-0.2, -0.15) is 0 Å². The van der Waals surface area contributed by atoms with Crippen LogP contribution >= 0.6 is 0 Å². The number of phenolic OH excluding ortho intramolecular Hbond substituents is 1. The van der Waals surface area contributed by atoms with Gasteiger partial charge in [-0.25, -0.2) is 4.79 Å². The minimum atomic E-state index is -0.381. The van der Waals surface area contributed by atoms with Crippen molar-refractivity contribution < 1.29 is 19.2 Å². The molecule has 2 aromatic carbocycles. The molecule has 1 aliphatic rings. The van der Waals surface area contributed by atoms with E-state index in [1.54, 1.807) is 13.2 Å². The molecular weight excluding hydrogens is 366 g/mol. The van der Waals surface area contributed by atoms with Crippen LogP contribution in [0, 0.1) is 12.8 Å². The lowest BCUT2D eigenvalue weighted by Gasteiger charge is -2.28. The van der Waals surface area contributed by atoms with Crippen LogP contribution in [0.1, 0.15) is 30.9 Å². The summed E-state index contributed by atoms with van der Waals surface area (Å²) in [6.07, 6.45) is 2.44. The van der Waals surface area contributed by atoms with Gasteiger partial charge in [0.05, 0.1) is 31.3 Å². The van der Waals surface area contributed by atoms with Gasteiger partial charge in [0.1, 0.15) is 18.0 Å². The first kappa shape index (κ1) is 19.5. The molecule has 0 saturated carbocycles. The van der Waals surface area contributed by atoms with Crippen molar-refractivity contribution >= 4 is 11.0 Å². The van der Waals surface area contributed by atoms with Gasteiger partial charge in [0, 0.05) is 11.3 Å². The average molecular weight is 394 g/mol. The van der Waals surface area contributed by atoms with Gasteiger partial charge in [-0.3, -0.25) is 0 Å². The standard InChI is InChI=1S/C24H27NO4/c1-15-5-4-12-25(13-15)14-20-21(26)11-10-19-16(2)22(24(27)29-23(19)20)17-6-8-18(28-3)9-7-17/h6-11,15,26H,4-5,12-14H2,1-3H3/p+1/t15-/m1/s1. The van der Waals surface area contributed by atoms with Crippen molar-refractivity contribution in [2.24, 2.45) is 5.92 Å². The van der Waals surface area contributed by atoms with Crippen LogP contribution in [0.5, 0.6) is 11.5 Å². The van der Waals surface area contributed by atoms with Crippen LogP contribution in [0.25, 0.3) is 22.1 Å². The zero-order valence-corrected chi connectivity index (χ0v) is 17.2. The zero-order valence-electron chi connectivity index (χ0n) is 17.2. The number of nitrogens with one attached hydrogen (secondary N) is 1. The molecular formula is C24H28NO4+. The lowest BCUT2D eigenvalue weighted by Crippen LogP contribution is -3.12. The van der Waals surface area contributed by atoms with Gasteiger partial charge in [-0.15, -0.1) is 0 Å². The lowest BCUT2D eigenvalue weighted by molar-refractivity contribution is -0.922. The van der Waals surface area contributed by atoms with Crippen molar-refractivity contribution in [2.45, 2.75) is 33.2 Å². The molecule has 2 N–H and O–H groups in total. The van der Waals surface area contributed by atoms with E-state index < -0.39 is 0 Å². The first-order chi connectivity index (χ1) is 14.0. The molecule has 0 aliphatic carbocycles. The van der Waals surface area contributed by atoms with Crippen molar-refractivity contribution in [3.8, 4) is 22.6 Å². The molecule has 1 aromatic heterocycles. The van der Waals surface area contributed by atoms with Crippen LogP contribution < -0.4 is 15.3 Å². The monoisotopic (exact) mass is 394 g/mol. The highest BCUT2D eigenvalue weighted by Gasteiger charge is 2.24. The molecule has 1 aliphatic heterocycles. The van der Waals surface area contributed by atoms with Gasteiger partial charge in [0.15, 0.2) is 5.58 Å². The molecule has 2 atom stereocenters. The fourth-order valence-electron chi connectivity index (χ4n) is 4.53. The third-order valence-electron chi connectivity index (χ3n) is 6.08. The average Bonchev–Trinajstić information content (AvgIpc) is 2.71. The molecule has 1 fully saturated rings. The number of likely N-dealkylation sites (tertiary alicyclic amines) is 1. The van der Waals surface area contributed by atoms with Gasteiger partial charge in [0.25, 0.3) is 0 Å².